The number of benzene rings is 1. The Labute approximate surface area is 126 Å². The summed E-state index contributed by atoms with van der Waals surface area (Å²) >= 11 is 5.67. The van der Waals surface area contributed by atoms with Gasteiger partial charge in [-0.05, 0) is 32.0 Å². The molecular formula is C12H14ClNO6S. The van der Waals surface area contributed by atoms with Crippen LogP contribution in [0.1, 0.15) is 24.2 Å². The molecule has 0 aromatic heterocycles. The van der Waals surface area contributed by atoms with E-state index in [0.29, 0.717) is 0 Å². The molecule has 7 nitrogen and oxygen atoms in total. The fourth-order valence-corrected chi connectivity index (χ4v) is 2.87. The Morgan fingerprint density at radius 2 is 2.05 bits per heavy atom. The van der Waals surface area contributed by atoms with E-state index in [1.807, 2.05) is 0 Å². The fraction of sp³-hybridized carbons (Fsp3) is 0.333. The Morgan fingerprint density at radius 1 is 1.43 bits per heavy atom. The summed E-state index contributed by atoms with van der Waals surface area (Å²) in [6.45, 7) is 3.04. The summed E-state index contributed by atoms with van der Waals surface area (Å²) in [5.41, 5.74) is -0.344. The van der Waals surface area contributed by atoms with Gasteiger partial charge in [-0.3, -0.25) is 4.79 Å². The minimum absolute atomic E-state index is 0.0834. The van der Waals surface area contributed by atoms with E-state index in [2.05, 4.69) is 9.46 Å². The van der Waals surface area contributed by atoms with E-state index in [0.717, 1.165) is 18.2 Å². The zero-order chi connectivity index (χ0) is 16.2. The molecule has 2 N–H and O–H groups in total. The number of halogens is 1. The Balaban J connectivity index is 3.06. The van der Waals surface area contributed by atoms with Crippen LogP contribution in [0.3, 0.4) is 0 Å². The van der Waals surface area contributed by atoms with Crippen LogP contribution < -0.4 is 4.72 Å². The van der Waals surface area contributed by atoms with Crippen molar-refractivity contribution in [2.75, 3.05) is 6.61 Å². The quantitative estimate of drug-likeness (QED) is 0.757. The zero-order valence-electron chi connectivity index (χ0n) is 11.3. The van der Waals surface area contributed by atoms with Gasteiger partial charge in [-0.25, -0.2) is 13.2 Å². The highest BCUT2D eigenvalue weighted by molar-refractivity contribution is 7.89. The number of carbonyl (C=O) groups excluding carboxylic acids is 1. The number of nitrogens with one attached hydrogen (secondary N) is 1. The number of carboxylic acids is 1. The Morgan fingerprint density at radius 3 is 2.57 bits per heavy atom. The van der Waals surface area contributed by atoms with Crippen molar-refractivity contribution < 1.29 is 27.9 Å². The van der Waals surface area contributed by atoms with E-state index in [1.54, 1.807) is 6.92 Å². The van der Waals surface area contributed by atoms with Gasteiger partial charge >= 0.3 is 11.9 Å². The molecule has 1 aromatic rings. The Bertz CT molecular complexity index is 658. The molecule has 1 rings (SSSR count). The van der Waals surface area contributed by atoms with Gasteiger partial charge in [0.05, 0.1) is 22.1 Å². The number of carbonyl (C=O) groups is 2. The molecule has 0 aliphatic rings. The number of aromatic carboxylic acids is 1. The van der Waals surface area contributed by atoms with E-state index in [9.17, 15) is 18.0 Å². The van der Waals surface area contributed by atoms with Crippen LogP contribution in [0, 0.1) is 0 Å². The molecule has 0 aliphatic carbocycles. The Hall–Kier alpha value is -1.64. The molecule has 0 spiro atoms. The highest BCUT2D eigenvalue weighted by Gasteiger charge is 2.24. The number of carboxylic acid groups (broad SMARTS) is 1. The first kappa shape index (κ1) is 17.4. The molecule has 9 heteroatoms. The van der Waals surface area contributed by atoms with E-state index in [4.69, 9.17) is 16.7 Å². The first-order chi connectivity index (χ1) is 9.69. The predicted molar refractivity (Wildman–Crippen MR) is 74.8 cm³/mol. The molecule has 0 aliphatic heterocycles. The van der Waals surface area contributed by atoms with Crippen molar-refractivity contribution in [1.82, 2.24) is 4.72 Å². The van der Waals surface area contributed by atoms with Crippen molar-refractivity contribution in [3.05, 3.63) is 28.8 Å². The van der Waals surface area contributed by atoms with Crippen molar-refractivity contribution in [2.24, 2.45) is 0 Å². The van der Waals surface area contributed by atoms with E-state index in [1.165, 1.54) is 6.92 Å². The lowest BCUT2D eigenvalue weighted by Crippen LogP contribution is -2.39. The van der Waals surface area contributed by atoms with Crippen molar-refractivity contribution in [2.45, 2.75) is 24.8 Å². The van der Waals surface area contributed by atoms with E-state index < -0.39 is 28.0 Å². The van der Waals surface area contributed by atoms with Crippen molar-refractivity contribution in [3.8, 4) is 0 Å². The highest BCUT2D eigenvalue weighted by atomic mass is 35.5. The molecule has 0 fully saturated rings. The second-order valence-corrected chi connectivity index (χ2v) is 6.16. The highest BCUT2D eigenvalue weighted by Crippen LogP contribution is 2.20. The monoisotopic (exact) mass is 335 g/mol. The molecule has 1 atom stereocenters. The van der Waals surface area contributed by atoms with Crippen LogP contribution in [0.5, 0.6) is 0 Å². The zero-order valence-corrected chi connectivity index (χ0v) is 12.9. The van der Waals surface area contributed by atoms with Gasteiger partial charge in [0.25, 0.3) is 0 Å². The summed E-state index contributed by atoms with van der Waals surface area (Å²) in [4.78, 5) is 22.1. The fourth-order valence-electron chi connectivity index (χ4n) is 1.45. The minimum Gasteiger partial charge on any atom is -0.478 e. The van der Waals surface area contributed by atoms with E-state index >= 15 is 0 Å². The third kappa shape index (κ3) is 4.42. The average molecular weight is 336 g/mol. The van der Waals surface area contributed by atoms with Crippen LogP contribution in [0.4, 0.5) is 0 Å². The molecule has 1 aromatic carbocycles. The molecule has 116 valence electrons. The van der Waals surface area contributed by atoms with Gasteiger partial charge in [-0.15, -0.1) is 0 Å². The molecule has 1 unspecified atom stereocenters. The Kier molecular flexibility index (Phi) is 5.70. The SMILES string of the molecule is CCOC(=O)C(C)NS(=O)(=O)c1ccc(Cl)c(C(=O)O)c1. The summed E-state index contributed by atoms with van der Waals surface area (Å²) in [6, 6.07) is 2.13. The maximum absolute atomic E-state index is 12.1. The van der Waals surface area contributed by atoms with Gasteiger partial charge in [-0.2, -0.15) is 4.72 Å². The molecular weight excluding hydrogens is 322 g/mol. The molecule has 0 saturated carbocycles. The van der Waals surface area contributed by atoms with Crippen LogP contribution in [0.15, 0.2) is 23.1 Å². The standard InChI is InChI=1S/C12H14ClNO6S/c1-3-20-12(17)7(2)14-21(18,19)8-4-5-10(13)9(6-8)11(15)16/h4-7,14H,3H2,1-2H3,(H,15,16). The van der Waals surface area contributed by atoms with Crippen LogP contribution in [-0.2, 0) is 19.6 Å². The number of hydrogen-bond donors (Lipinski definition) is 2. The summed E-state index contributed by atoms with van der Waals surface area (Å²) in [5, 5.41) is 8.84. The number of esters is 1. The van der Waals surface area contributed by atoms with Gasteiger partial charge in [0.1, 0.15) is 6.04 Å². The van der Waals surface area contributed by atoms with Crippen LogP contribution in [0.2, 0.25) is 5.02 Å². The largest absolute Gasteiger partial charge is 0.478 e. The van der Waals surface area contributed by atoms with Crippen LogP contribution in [0.25, 0.3) is 0 Å². The smallest absolute Gasteiger partial charge is 0.337 e. The summed E-state index contributed by atoms with van der Waals surface area (Å²) in [5.74, 6) is -2.08. The third-order valence-electron chi connectivity index (χ3n) is 2.45. The first-order valence-electron chi connectivity index (χ1n) is 5.91. The van der Waals surface area contributed by atoms with Gasteiger partial charge in [-0.1, -0.05) is 11.6 Å². The van der Waals surface area contributed by atoms with Crippen molar-refractivity contribution in [1.29, 1.82) is 0 Å². The second-order valence-electron chi connectivity index (χ2n) is 4.04. The average Bonchev–Trinajstić information content (AvgIpc) is 2.38. The van der Waals surface area contributed by atoms with Crippen LogP contribution >= 0.6 is 11.6 Å². The molecule has 21 heavy (non-hydrogen) atoms. The third-order valence-corrected chi connectivity index (χ3v) is 4.32. The lowest BCUT2D eigenvalue weighted by atomic mass is 10.2. The van der Waals surface area contributed by atoms with Gasteiger partial charge in [0, 0.05) is 0 Å². The summed E-state index contributed by atoms with van der Waals surface area (Å²) in [7, 11) is -4.07. The van der Waals surface area contributed by atoms with Gasteiger partial charge < -0.3 is 9.84 Å². The first-order valence-corrected chi connectivity index (χ1v) is 7.77. The number of sulfonamides is 1. The van der Waals surface area contributed by atoms with Gasteiger partial charge in [0.2, 0.25) is 10.0 Å². The summed E-state index contributed by atoms with van der Waals surface area (Å²) in [6.07, 6.45) is 0. The van der Waals surface area contributed by atoms with Crippen molar-refractivity contribution in [3.63, 3.8) is 0 Å². The number of ether oxygens (including phenoxy) is 1. The lowest BCUT2D eigenvalue weighted by Gasteiger charge is -2.13. The molecule has 0 saturated heterocycles. The lowest BCUT2D eigenvalue weighted by molar-refractivity contribution is -0.144. The summed E-state index contributed by atoms with van der Waals surface area (Å²) < 4.78 is 31.0. The maximum atomic E-state index is 12.1. The number of hydrogen-bond acceptors (Lipinski definition) is 5. The normalized spacial score (nSPS) is 12.7. The van der Waals surface area contributed by atoms with Gasteiger partial charge in [0.15, 0.2) is 0 Å². The number of rotatable bonds is 6. The maximum Gasteiger partial charge on any atom is 0.337 e. The molecule has 0 heterocycles. The molecule has 0 radical (unpaired) electrons. The predicted octanol–water partition coefficient (Wildman–Crippen LogP) is 1.27. The van der Waals surface area contributed by atoms with Crippen molar-refractivity contribution >= 4 is 33.6 Å². The minimum atomic E-state index is -4.07. The second kappa shape index (κ2) is 6.88. The van der Waals surface area contributed by atoms with E-state index in [-0.39, 0.29) is 22.1 Å². The molecule has 0 amide bonds. The topological polar surface area (TPSA) is 110 Å². The van der Waals surface area contributed by atoms with Crippen LogP contribution in [-0.4, -0.2) is 38.1 Å². The molecule has 0 bridgehead atoms.